The lowest BCUT2D eigenvalue weighted by atomic mass is 9.82. The second-order valence-corrected chi connectivity index (χ2v) is 17.6. The van der Waals surface area contributed by atoms with E-state index in [1.807, 2.05) is 12.1 Å². The Hall–Kier alpha value is -8.14. The maximum Gasteiger partial charge on any atom is 0.159 e. The number of benzene rings is 10. The standard InChI is InChI=1S/C61H41NO2/c1-61(2)53-25-10-8-19-46(53)47-34-33-43(37-54(47)61)62(42-31-29-39(30-32-42)45-22-12-23-49-48-20-9-11-27-56(48)63-59(45)49)55-26-13-24-50-51-35-40-17-6-7-18-41(40)36-52(51)58-44(38-15-4-3-5-16-38)21-14-28-57(58)64-60(50)55/h3-37H,1-2H3. The molecule has 0 saturated heterocycles. The summed E-state index contributed by atoms with van der Waals surface area (Å²) < 4.78 is 13.9. The van der Waals surface area contributed by atoms with Crippen molar-refractivity contribution in [3.05, 3.63) is 223 Å². The fourth-order valence-electron chi connectivity index (χ4n) is 10.6. The van der Waals surface area contributed by atoms with Crippen LogP contribution in [0.4, 0.5) is 17.1 Å². The number of para-hydroxylation sites is 3. The Bertz CT molecular complexity index is 3670. The summed E-state index contributed by atoms with van der Waals surface area (Å²) in [5.74, 6) is 1.63. The van der Waals surface area contributed by atoms with Crippen molar-refractivity contribution in [1.29, 1.82) is 0 Å². The van der Waals surface area contributed by atoms with Gasteiger partial charge in [-0.2, -0.15) is 0 Å². The van der Waals surface area contributed by atoms with Gasteiger partial charge in [-0.05, 0) is 115 Å². The number of fused-ring (bicyclic) bond motifs is 12. The molecule has 11 aromatic rings. The van der Waals surface area contributed by atoms with Crippen LogP contribution >= 0.6 is 0 Å². The molecule has 1 aliphatic carbocycles. The molecule has 0 fully saturated rings. The van der Waals surface area contributed by atoms with Crippen molar-refractivity contribution in [1.82, 2.24) is 0 Å². The van der Waals surface area contributed by atoms with Gasteiger partial charge in [0.05, 0.1) is 5.69 Å². The summed E-state index contributed by atoms with van der Waals surface area (Å²) >= 11 is 0. The molecular formula is C61H41NO2. The first-order chi connectivity index (χ1) is 31.5. The number of anilines is 3. The van der Waals surface area contributed by atoms with Crippen LogP contribution in [0.25, 0.3) is 88.3 Å². The van der Waals surface area contributed by atoms with E-state index in [9.17, 15) is 0 Å². The number of nitrogens with zero attached hydrogens (tertiary/aromatic N) is 1. The second-order valence-electron chi connectivity index (χ2n) is 17.6. The van der Waals surface area contributed by atoms with Crippen LogP contribution in [-0.2, 0) is 5.41 Å². The van der Waals surface area contributed by atoms with E-state index in [0.717, 1.165) is 95.0 Å². The quantitative estimate of drug-likeness (QED) is 0.173. The van der Waals surface area contributed by atoms with Crippen LogP contribution in [0.15, 0.2) is 217 Å². The third-order valence-electron chi connectivity index (χ3n) is 13.7. The Morgan fingerprint density at radius 2 is 1.03 bits per heavy atom. The van der Waals surface area contributed by atoms with E-state index in [0.29, 0.717) is 0 Å². The maximum atomic E-state index is 7.43. The summed E-state index contributed by atoms with van der Waals surface area (Å²) in [6.07, 6.45) is 0. The Morgan fingerprint density at radius 3 is 1.89 bits per heavy atom. The van der Waals surface area contributed by atoms with E-state index >= 15 is 0 Å². The van der Waals surface area contributed by atoms with Crippen LogP contribution < -0.4 is 9.64 Å². The zero-order valence-electron chi connectivity index (χ0n) is 35.5. The summed E-state index contributed by atoms with van der Waals surface area (Å²) in [6, 6.07) is 76.6. The molecule has 0 spiro atoms. The van der Waals surface area contributed by atoms with Crippen LogP contribution in [0.5, 0.6) is 11.5 Å². The molecule has 0 unspecified atom stereocenters. The predicted molar refractivity (Wildman–Crippen MR) is 265 cm³/mol. The SMILES string of the molecule is CC1(C)c2ccccc2-c2ccc(N(c3ccc(-c4cccc5c4oc4ccccc45)cc3)c3cccc4c3Oc3cccc(-c5ccccc5)c3-c3cc5ccccc5cc3-4)cc21. The minimum atomic E-state index is -0.181. The van der Waals surface area contributed by atoms with Gasteiger partial charge >= 0.3 is 0 Å². The number of hydrogen-bond acceptors (Lipinski definition) is 3. The van der Waals surface area contributed by atoms with Crippen molar-refractivity contribution in [2.24, 2.45) is 0 Å². The first kappa shape index (κ1) is 36.5. The van der Waals surface area contributed by atoms with Gasteiger partial charge in [-0.3, -0.25) is 0 Å². The molecule has 2 aliphatic rings. The zero-order valence-corrected chi connectivity index (χ0v) is 35.5. The minimum absolute atomic E-state index is 0.181. The lowest BCUT2D eigenvalue weighted by Gasteiger charge is -2.30. The normalized spacial score (nSPS) is 13.1. The molecule has 3 nitrogen and oxygen atoms in total. The van der Waals surface area contributed by atoms with Gasteiger partial charge in [0.25, 0.3) is 0 Å². The van der Waals surface area contributed by atoms with Gasteiger partial charge in [0, 0.05) is 44.3 Å². The number of rotatable bonds is 5. The molecule has 1 aliphatic heterocycles. The highest BCUT2D eigenvalue weighted by atomic mass is 16.5. The van der Waals surface area contributed by atoms with Crippen LogP contribution in [-0.4, -0.2) is 0 Å². The van der Waals surface area contributed by atoms with Gasteiger partial charge in [0.15, 0.2) is 5.75 Å². The molecule has 13 rings (SSSR count). The van der Waals surface area contributed by atoms with E-state index in [-0.39, 0.29) is 5.41 Å². The topological polar surface area (TPSA) is 25.6 Å². The van der Waals surface area contributed by atoms with Gasteiger partial charge < -0.3 is 14.1 Å². The molecule has 0 amide bonds. The molecule has 0 bridgehead atoms. The molecule has 3 heteroatoms. The highest BCUT2D eigenvalue weighted by Gasteiger charge is 2.36. The number of furan rings is 1. The van der Waals surface area contributed by atoms with Gasteiger partial charge in [0.1, 0.15) is 16.9 Å². The molecule has 302 valence electrons. The van der Waals surface area contributed by atoms with Crippen molar-refractivity contribution >= 4 is 49.8 Å². The Labute approximate surface area is 372 Å². The summed E-state index contributed by atoms with van der Waals surface area (Å²) in [7, 11) is 0. The molecule has 0 saturated carbocycles. The van der Waals surface area contributed by atoms with Crippen LogP contribution in [0.2, 0.25) is 0 Å². The largest absolute Gasteiger partial charge is 0.455 e. The Balaban J connectivity index is 1.04. The summed E-state index contributed by atoms with van der Waals surface area (Å²) in [5, 5.41) is 4.62. The van der Waals surface area contributed by atoms with Crippen LogP contribution in [0, 0.1) is 0 Å². The maximum absolute atomic E-state index is 7.43. The minimum Gasteiger partial charge on any atom is -0.455 e. The van der Waals surface area contributed by atoms with Crippen LogP contribution in [0.3, 0.4) is 0 Å². The van der Waals surface area contributed by atoms with Crippen molar-refractivity contribution in [3.8, 4) is 67.1 Å². The Morgan fingerprint density at radius 1 is 0.406 bits per heavy atom. The first-order valence-corrected chi connectivity index (χ1v) is 22.1. The average molecular weight is 820 g/mol. The van der Waals surface area contributed by atoms with Crippen LogP contribution in [0.1, 0.15) is 25.0 Å². The molecule has 0 radical (unpaired) electrons. The van der Waals surface area contributed by atoms with E-state index in [4.69, 9.17) is 9.15 Å². The molecule has 10 aromatic carbocycles. The van der Waals surface area contributed by atoms with Gasteiger partial charge in [-0.25, -0.2) is 0 Å². The molecule has 1 aromatic heterocycles. The van der Waals surface area contributed by atoms with Crippen molar-refractivity contribution in [2.75, 3.05) is 4.90 Å². The lowest BCUT2D eigenvalue weighted by Crippen LogP contribution is -2.17. The second kappa shape index (κ2) is 13.9. The molecule has 2 heterocycles. The summed E-state index contributed by atoms with van der Waals surface area (Å²) in [4.78, 5) is 2.39. The fraction of sp³-hybridized carbons (Fsp3) is 0.0492. The van der Waals surface area contributed by atoms with E-state index in [1.165, 1.54) is 33.0 Å². The number of ether oxygens (including phenoxy) is 1. The van der Waals surface area contributed by atoms with Crippen molar-refractivity contribution in [3.63, 3.8) is 0 Å². The zero-order chi connectivity index (χ0) is 42.5. The predicted octanol–water partition coefficient (Wildman–Crippen LogP) is 17.3. The monoisotopic (exact) mass is 819 g/mol. The third-order valence-corrected chi connectivity index (χ3v) is 13.7. The molecular weight excluding hydrogens is 779 g/mol. The van der Waals surface area contributed by atoms with Crippen molar-refractivity contribution in [2.45, 2.75) is 19.3 Å². The summed E-state index contributed by atoms with van der Waals surface area (Å²) in [5.41, 5.74) is 18.7. The van der Waals surface area contributed by atoms with E-state index in [2.05, 4.69) is 219 Å². The van der Waals surface area contributed by atoms with Gasteiger partial charge in [-0.1, -0.05) is 172 Å². The van der Waals surface area contributed by atoms with E-state index < -0.39 is 0 Å². The molecule has 0 N–H and O–H groups in total. The summed E-state index contributed by atoms with van der Waals surface area (Å²) in [6.45, 7) is 4.69. The first-order valence-electron chi connectivity index (χ1n) is 22.1. The highest BCUT2D eigenvalue weighted by molar-refractivity contribution is 6.10. The average Bonchev–Trinajstić information content (AvgIpc) is 3.78. The lowest BCUT2D eigenvalue weighted by molar-refractivity contribution is 0.489. The highest BCUT2D eigenvalue weighted by Crippen LogP contribution is 2.56. The van der Waals surface area contributed by atoms with E-state index in [1.54, 1.807) is 0 Å². The van der Waals surface area contributed by atoms with Gasteiger partial charge in [0.2, 0.25) is 0 Å². The number of hydrogen-bond donors (Lipinski definition) is 0. The van der Waals surface area contributed by atoms with Gasteiger partial charge in [-0.15, -0.1) is 0 Å². The fourth-order valence-corrected chi connectivity index (χ4v) is 10.6. The Kier molecular flexibility index (Phi) is 7.95. The van der Waals surface area contributed by atoms with Crippen molar-refractivity contribution < 1.29 is 9.15 Å². The molecule has 64 heavy (non-hydrogen) atoms. The smallest absolute Gasteiger partial charge is 0.159 e. The third kappa shape index (κ3) is 5.47. The molecule has 0 atom stereocenters.